The second kappa shape index (κ2) is 13.1. The van der Waals surface area contributed by atoms with Crippen molar-refractivity contribution in [1.82, 2.24) is 20.0 Å². The topological polar surface area (TPSA) is 170 Å². The number of nitrogens with zero attached hydrogens (tertiary/aromatic N) is 4. The van der Waals surface area contributed by atoms with Gasteiger partial charge in [-0.3, -0.25) is 14.6 Å². The summed E-state index contributed by atoms with van der Waals surface area (Å²) in [6.45, 7) is 11.1. The normalized spacial score (nSPS) is 16.2. The number of hydrogen-bond donors (Lipinski definition) is 4. The standard InChI is InChI=1S/C25H32N4O3.C6H10O4/c1-16(2)17-7-9-19(10-8-17)25(31,24(5)14-29(6)15-24)20-11-18(12-26-13-20)21-27-22(32-28-21)23(3,4)30;7-5(8)3-1-2-4-6(9)10/h7-13,16,30-31H,14-15H2,1-6H3;1-4H2,(H,7,8)(H,9,10). The van der Waals surface area contributed by atoms with Crippen molar-refractivity contribution in [3.63, 3.8) is 0 Å². The maximum Gasteiger partial charge on any atom is 0.303 e. The molecule has 0 amide bonds. The van der Waals surface area contributed by atoms with Crippen LogP contribution < -0.4 is 0 Å². The van der Waals surface area contributed by atoms with Gasteiger partial charge in [0.15, 0.2) is 0 Å². The predicted octanol–water partition coefficient (Wildman–Crippen LogP) is 4.39. The molecule has 0 radical (unpaired) electrons. The summed E-state index contributed by atoms with van der Waals surface area (Å²) in [4.78, 5) is 30.7. The molecular formula is C31H42N4O7. The molecule has 1 atom stereocenters. The van der Waals surface area contributed by atoms with Gasteiger partial charge in [-0.1, -0.05) is 50.2 Å². The van der Waals surface area contributed by atoms with E-state index in [9.17, 15) is 19.8 Å². The smallest absolute Gasteiger partial charge is 0.303 e. The van der Waals surface area contributed by atoms with E-state index in [1.807, 2.05) is 18.2 Å². The van der Waals surface area contributed by atoms with Crippen LogP contribution in [-0.2, 0) is 20.8 Å². The lowest BCUT2D eigenvalue weighted by Gasteiger charge is -2.55. The minimum atomic E-state index is -1.25. The van der Waals surface area contributed by atoms with E-state index in [4.69, 9.17) is 14.7 Å². The number of benzene rings is 1. The highest BCUT2D eigenvalue weighted by atomic mass is 16.5. The van der Waals surface area contributed by atoms with E-state index in [-0.39, 0.29) is 18.7 Å². The first-order valence-corrected chi connectivity index (χ1v) is 14.0. The van der Waals surface area contributed by atoms with Gasteiger partial charge in [0.05, 0.1) is 0 Å². The van der Waals surface area contributed by atoms with E-state index in [1.165, 1.54) is 5.56 Å². The molecule has 4 N–H and O–H groups in total. The van der Waals surface area contributed by atoms with Crippen molar-refractivity contribution in [2.24, 2.45) is 5.41 Å². The number of unbranched alkanes of at least 4 members (excludes halogenated alkanes) is 1. The van der Waals surface area contributed by atoms with Crippen LogP contribution in [0.25, 0.3) is 11.4 Å². The Balaban J connectivity index is 0.000000416. The van der Waals surface area contributed by atoms with E-state index < -0.39 is 28.6 Å². The average Bonchev–Trinajstić information content (AvgIpc) is 3.42. The van der Waals surface area contributed by atoms with Gasteiger partial charge in [-0.05, 0) is 56.8 Å². The second-order valence-electron chi connectivity index (χ2n) is 12.2. The van der Waals surface area contributed by atoms with E-state index in [0.29, 0.717) is 35.7 Å². The van der Waals surface area contributed by atoms with E-state index in [2.05, 4.69) is 60.0 Å². The summed E-state index contributed by atoms with van der Waals surface area (Å²) in [6, 6.07) is 10.1. The molecule has 0 bridgehead atoms. The van der Waals surface area contributed by atoms with Crippen LogP contribution in [-0.4, -0.2) is 72.5 Å². The number of carboxylic acid groups (broad SMARTS) is 2. The van der Waals surface area contributed by atoms with E-state index in [1.54, 1.807) is 26.2 Å². The molecule has 3 heterocycles. The largest absolute Gasteiger partial charge is 0.481 e. The first kappa shape index (κ1) is 32.8. The van der Waals surface area contributed by atoms with Crippen LogP contribution in [0.4, 0.5) is 0 Å². The van der Waals surface area contributed by atoms with Crippen LogP contribution in [0.15, 0.2) is 47.2 Å². The van der Waals surface area contributed by atoms with Crippen molar-refractivity contribution in [3.05, 3.63) is 65.3 Å². The quantitative estimate of drug-likeness (QED) is 0.236. The first-order chi connectivity index (χ1) is 19.6. The lowest BCUT2D eigenvalue weighted by Crippen LogP contribution is -2.63. The van der Waals surface area contributed by atoms with Gasteiger partial charge < -0.3 is 29.8 Å². The number of aliphatic carboxylic acids is 2. The van der Waals surface area contributed by atoms with Gasteiger partial charge in [-0.2, -0.15) is 4.98 Å². The number of carbonyl (C=O) groups is 2. The molecule has 1 aromatic carbocycles. The number of likely N-dealkylation sites (tertiary alicyclic amines) is 1. The molecule has 1 aliphatic heterocycles. The highest BCUT2D eigenvalue weighted by Crippen LogP contribution is 2.50. The maximum atomic E-state index is 12.3. The highest BCUT2D eigenvalue weighted by molar-refractivity contribution is 5.68. The lowest BCUT2D eigenvalue weighted by molar-refractivity contribution is -0.139. The molecule has 11 heteroatoms. The van der Waals surface area contributed by atoms with E-state index in [0.717, 1.165) is 18.7 Å². The summed E-state index contributed by atoms with van der Waals surface area (Å²) in [5.74, 6) is -0.874. The van der Waals surface area contributed by atoms with Crippen molar-refractivity contribution < 1.29 is 34.5 Å². The monoisotopic (exact) mass is 582 g/mol. The zero-order valence-corrected chi connectivity index (χ0v) is 25.2. The minimum Gasteiger partial charge on any atom is -0.481 e. The predicted molar refractivity (Wildman–Crippen MR) is 156 cm³/mol. The van der Waals surface area contributed by atoms with Crippen LogP contribution >= 0.6 is 0 Å². The van der Waals surface area contributed by atoms with Gasteiger partial charge in [0.1, 0.15) is 11.2 Å². The third-order valence-corrected chi connectivity index (χ3v) is 7.50. The maximum absolute atomic E-state index is 12.3. The molecule has 0 saturated carbocycles. The number of pyridine rings is 1. The summed E-state index contributed by atoms with van der Waals surface area (Å²) in [6.07, 6.45) is 4.37. The molecule has 4 rings (SSSR count). The first-order valence-electron chi connectivity index (χ1n) is 14.0. The van der Waals surface area contributed by atoms with Crippen molar-refractivity contribution in [1.29, 1.82) is 0 Å². The van der Waals surface area contributed by atoms with Crippen LogP contribution in [0.2, 0.25) is 0 Å². The molecule has 0 spiro atoms. The third-order valence-electron chi connectivity index (χ3n) is 7.50. The van der Waals surface area contributed by atoms with Crippen molar-refractivity contribution in [3.8, 4) is 11.4 Å². The Hall–Kier alpha value is -3.67. The molecule has 3 aromatic rings. The molecule has 11 nitrogen and oxygen atoms in total. The SMILES string of the molecule is CC(C)c1ccc(C(O)(c2cncc(-c3noc(C(C)(C)O)n3)c2)C2(C)CN(C)C2)cc1.O=C(O)CCCCC(=O)O. The van der Waals surface area contributed by atoms with Gasteiger partial charge in [0, 0.05) is 54.9 Å². The molecule has 42 heavy (non-hydrogen) atoms. The molecule has 0 aliphatic carbocycles. The summed E-state index contributed by atoms with van der Waals surface area (Å²) in [5, 5.41) is 42.7. The van der Waals surface area contributed by atoms with Gasteiger partial charge >= 0.3 is 11.9 Å². The molecule has 228 valence electrons. The van der Waals surface area contributed by atoms with Crippen LogP contribution in [0, 0.1) is 5.41 Å². The number of rotatable bonds is 11. The third kappa shape index (κ3) is 7.58. The Bertz CT molecular complexity index is 1340. The van der Waals surface area contributed by atoms with Gasteiger partial charge in [0.25, 0.3) is 5.89 Å². The fourth-order valence-corrected chi connectivity index (χ4v) is 5.25. The Morgan fingerprint density at radius 3 is 2.02 bits per heavy atom. The highest BCUT2D eigenvalue weighted by Gasteiger charge is 2.55. The Morgan fingerprint density at radius 1 is 1.00 bits per heavy atom. The van der Waals surface area contributed by atoms with Crippen molar-refractivity contribution >= 4 is 11.9 Å². The molecule has 1 fully saturated rings. The number of aromatic nitrogens is 3. The summed E-state index contributed by atoms with van der Waals surface area (Å²) in [7, 11) is 2.05. The molecule has 1 unspecified atom stereocenters. The van der Waals surface area contributed by atoms with Gasteiger partial charge in [-0.15, -0.1) is 0 Å². The summed E-state index contributed by atoms with van der Waals surface area (Å²) < 4.78 is 5.23. The van der Waals surface area contributed by atoms with E-state index >= 15 is 0 Å². The van der Waals surface area contributed by atoms with Gasteiger partial charge in [-0.25, -0.2) is 0 Å². The number of hydrogen-bond acceptors (Lipinski definition) is 9. The lowest BCUT2D eigenvalue weighted by atomic mass is 9.62. The van der Waals surface area contributed by atoms with Crippen LogP contribution in [0.3, 0.4) is 0 Å². The molecule has 1 aliphatic rings. The molecule has 1 saturated heterocycles. The van der Waals surface area contributed by atoms with Crippen molar-refractivity contribution in [2.45, 2.75) is 77.4 Å². The Kier molecular flexibility index (Phi) is 10.2. The summed E-state index contributed by atoms with van der Waals surface area (Å²) >= 11 is 0. The Labute approximate surface area is 246 Å². The van der Waals surface area contributed by atoms with Crippen LogP contribution in [0.5, 0.6) is 0 Å². The fourth-order valence-electron chi connectivity index (χ4n) is 5.25. The zero-order valence-electron chi connectivity index (χ0n) is 25.2. The molecule has 2 aromatic heterocycles. The average molecular weight is 583 g/mol. The second-order valence-corrected chi connectivity index (χ2v) is 12.2. The fraction of sp³-hybridized carbons (Fsp3) is 0.516. The minimum absolute atomic E-state index is 0.0628. The molecular weight excluding hydrogens is 540 g/mol. The number of carboxylic acids is 2. The van der Waals surface area contributed by atoms with Gasteiger partial charge in [0.2, 0.25) is 5.82 Å². The number of aliphatic hydroxyl groups is 2. The Morgan fingerprint density at radius 2 is 1.57 bits per heavy atom. The van der Waals surface area contributed by atoms with Crippen molar-refractivity contribution in [2.75, 3.05) is 20.1 Å². The summed E-state index contributed by atoms with van der Waals surface area (Å²) in [5.41, 5.74) is 0.482. The van der Waals surface area contributed by atoms with Crippen LogP contribution in [0.1, 0.15) is 88.8 Å². The zero-order chi connectivity index (χ0) is 31.3.